The summed E-state index contributed by atoms with van der Waals surface area (Å²) in [4.78, 5) is 11.5. The van der Waals surface area contributed by atoms with E-state index in [0.29, 0.717) is 31.0 Å². The van der Waals surface area contributed by atoms with Crippen molar-refractivity contribution in [2.75, 3.05) is 0 Å². The van der Waals surface area contributed by atoms with Gasteiger partial charge in [-0.1, -0.05) is 30.2 Å². The van der Waals surface area contributed by atoms with E-state index in [0.717, 1.165) is 24.8 Å². The van der Waals surface area contributed by atoms with E-state index in [1.807, 2.05) is 6.07 Å². The van der Waals surface area contributed by atoms with Crippen molar-refractivity contribution in [1.82, 2.24) is 0 Å². The molecular formula is C14H16ClFO. The average Bonchev–Trinajstić information content (AvgIpc) is 2.49. The fraction of sp³-hybridized carbons (Fsp3) is 0.500. The largest absolute Gasteiger partial charge is 0.300 e. The minimum absolute atomic E-state index is 0.212. The van der Waals surface area contributed by atoms with Gasteiger partial charge >= 0.3 is 0 Å². The highest BCUT2D eigenvalue weighted by Crippen LogP contribution is 2.28. The Kier molecular flexibility index (Phi) is 4.16. The highest BCUT2D eigenvalue weighted by atomic mass is 35.5. The monoisotopic (exact) mass is 254 g/mol. The lowest BCUT2D eigenvalue weighted by molar-refractivity contribution is -0.119. The van der Waals surface area contributed by atoms with Gasteiger partial charge in [-0.25, -0.2) is 4.39 Å². The summed E-state index contributed by atoms with van der Waals surface area (Å²) >= 11 is 5.93. The van der Waals surface area contributed by atoms with E-state index >= 15 is 0 Å². The van der Waals surface area contributed by atoms with E-state index < -0.39 is 0 Å². The molecule has 17 heavy (non-hydrogen) atoms. The summed E-state index contributed by atoms with van der Waals surface area (Å²) in [6.07, 6.45) is 5.15. The van der Waals surface area contributed by atoms with Crippen LogP contribution >= 0.6 is 11.6 Å². The minimum atomic E-state index is -0.371. The number of carbonyl (C=O) groups is 1. The van der Waals surface area contributed by atoms with Crippen LogP contribution in [0.25, 0.3) is 0 Å². The van der Waals surface area contributed by atoms with Crippen molar-refractivity contribution in [3.05, 3.63) is 34.6 Å². The normalized spacial score (nSPS) is 21.3. The summed E-state index contributed by atoms with van der Waals surface area (Å²) in [6.45, 7) is 0. The highest BCUT2D eigenvalue weighted by Gasteiger charge is 2.19. The predicted molar refractivity (Wildman–Crippen MR) is 66.7 cm³/mol. The van der Waals surface area contributed by atoms with Crippen LogP contribution in [0.2, 0.25) is 5.02 Å². The molecule has 1 atom stereocenters. The molecule has 0 spiro atoms. The number of carbonyl (C=O) groups excluding carboxylic acids is 1. The number of rotatable bonds is 2. The third-order valence-corrected chi connectivity index (χ3v) is 3.80. The van der Waals surface area contributed by atoms with Gasteiger partial charge in [0.05, 0.1) is 5.02 Å². The molecule has 92 valence electrons. The summed E-state index contributed by atoms with van der Waals surface area (Å²) < 4.78 is 13.3. The molecule has 0 radical (unpaired) electrons. The van der Waals surface area contributed by atoms with Gasteiger partial charge in [-0.2, -0.15) is 0 Å². The molecule has 3 heteroatoms. The van der Waals surface area contributed by atoms with Crippen LogP contribution in [0.5, 0.6) is 0 Å². The van der Waals surface area contributed by atoms with E-state index in [1.54, 1.807) is 6.07 Å². The molecule has 1 unspecified atom stereocenters. The van der Waals surface area contributed by atoms with E-state index in [-0.39, 0.29) is 10.8 Å². The van der Waals surface area contributed by atoms with E-state index in [1.165, 1.54) is 6.07 Å². The Labute approximate surface area is 106 Å². The van der Waals surface area contributed by atoms with Crippen molar-refractivity contribution in [2.45, 2.75) is 38.5 Å². The van der Waals surface area contributed by atoms with Crippen molar-refractivity contribution in [2.24, 2.45) is 5.92 Å². The third-order valence-electron chi connectivity index (χ3n) is 3.37. The van der Waals surface area contributed by atoms with Gasteiger partial charge in [0.15, 0.2) is 0 Å². The molecule has 1 aliphatic rings. The number of hydrogen-bond acceptors (Lipinski definition) is 1. The summed E-state index contributed by atoms with van der Waals surface area (Å²) in [5.41, 5.74) is 0.825. The molecule has 1 saturated carbocycles. The molecule has 2 rings (SSSR count). The summed E-state index contributed by atoms with van der Waals surface area (Å²) in [6, 6.07) is 4.89. The summed E-state index contributed by atoms with van der Waals surface area (Å²) in [5.74, 6) is 0.286. The van der Waals surface area contributed by atoms with Crippen LogP contribution in [0.1, 0.15) is 37.7 Å². The lowest BCUT2D eigenvalue weighted by Gasteiger charge is -2.14. The molecule has 1 fully saturated rings. The molecule has 0 bridgehead atoms. The Balaban J connectivity index is 2.09. The Hall–Kier alpha value is -0.890. The zero-order chi connectivity index (χ0) is 12.3. The lowest BCUT2D eigenvalue weighted by atomic mass is 9.92. The van der Waals surface area contributed by atoms with Crippen LogP contribution in [0.15, 0.2) is 18.2 Å². The minimum Gasteiger partial charge on any atom is -0.300 e. The van der Waals surface area contributed by atoms with Crippen molar-refractivity contribution >= 4 is 17.4 Å². The first kappa shape index (κ1) is 12.6. The zero-order valence-electron chi connectivity index (χ0n) is 9.72. The second-order valence-electron chi connectivity index (χ2n) is 4.77. The first-order chi connectivity index (χ1) is 8.16. The smallest absolute Gasteiger partial charge is 0.142 e. The molecule has 0 N–H and O–H groups in total. The SMILES string of the molecule is O=C1CCCCC(Cc2cccc(F)c2Cl)C1. The quantitative estimate of drug-likeness (QED) is 0.724. The maximum Gasteiger partial charge on any atom is 0.142 e. The van der Waals surface area contributed by atoms with E-state index in [4.69, 9.17) is 11.6 Å². The molecule has 0 aliphatic heterocycles. The van der Waals surface area contributed by atoms with Crippen molar-refractivity contribution in [1.29, 1.82) is 0 Å². The standard InChI is InChI=1S/C14H16ClFO/c15-14-11(5-3-7-13(14)16)8-10-4-1-2-6-12(17)9-10/h3,5,7,10H,1-2,4,6,8-9H2. The van der Waals surface area contributed by atoms with Crippen LogP contribution in [-0.4, -0.2) is 5.78 Å². The molecule has 0 heterocycles. The predicted octanol–water partition coefficient (Wildman–Crippen LogP) is 4.17. The molecular weight excluding hydrogens is 239 g/mol. The molecule has 1 nitrogen and oxygen atoms in total. The number of hydrogen-bond donors (Lipinski definition) is 0. The molecule has 1 aromatic rings. The van der Waals surface area contributed by atoms with Gasteiger partial charge in [0.1, 0.15) is 11.6 Å². The Bertz CT molecular complexity index is 417. The zero-order valence-corrected chi connectivity index (χ0v) is 10.5. The third kappa shape index (κ3) is 3.29. The van der Waals surface area contributed by atoms with Crippen LogP contribution in [0.3, 0.4) is 0 Å². The Morgan fingerprint density at radius 2 is 2.18 bits per heavy atom. The van der Waals surface area contributed by atoms with Gasteiger partial charge in [-0.15, -0.1) is 0 Å². The van der Waals surface area contributed by atoms with Crippen molar-refractivity contribution in [3.63, 3.8) is 0 Å². The van der Waals surface area contributed by atoms with Gasteiger partial charge < -0.3 is 0 Å². The first-order valence-electron chi connectivity index (χ1n) is 6.11. The van der Waals surface area contributed by atoms with Crippen molar-refractivity contribution in [3.8, 4) is 0 Å². The highest BCUT2D eigenvalue weighted by molar-refractivity contribution is 6.31. The van der Waals surface area contributed by atoms with Gasteiger partial charge in [0.25, 0.3) is 0 Å². The molecule has 0 saturated heterocycles. The van der Waals surface area contributed by atoms with Crippen LogP contribution in [-0.2, 0) is 11.2 Å². The maximum absolute atomic E-state index is 13.3. The van der Waals surface area contributed by atoms with Gasteiger partial charge in [-0.05, 0) is 36.8 Å². The topological polar surface area (TPSA) is 17.1 Å². The summed E-state index contributed by atoms with van der Waals surface area (Å²) in [7, 11) is 0. The number of halogens is 2. The van der Waals surface area contributed by atoms with E-state index in [2.05, 4.69) is 0 Å². The summed E-state index contributed by atoms with van der Waals surface area (Å²) in [5, 5.41) is 0.212. The average molecular weight is 255 g/mol. The van der Waals surface area contributed by atoms with Gasteiger partial charge in [0.2, 0.25) is 0 Å². The second kappa shape index (κ2) is 5.63. The Morgan fingerprint density at radius 3 is 3.00 bits per heavy atom. The van der Waals surface area contributed by atoms with Crippen LogP contribution in [0, 0.1) is 11.7 Å². The second-order valence-corrected chi connectivity index (χ2v) is 5.15. The first-order valence-corrected chi connectivity index (χ1v) is 6.49. The molecule has 0 amide bonds. The van der Waals surface area contributed by atoms with Gasteiger partial charge in [-0.3, -0.25) is 4.79 Å². The fourth-order valence-corrected chi connectivity index (χ4v) is 2.68. The Morgan fingerprint density at radius 1 is 1.35 bits per heavy atom. The lowest BCUT2D eigenvalue weighted by Crippen LogP contribution is -2.08. The van der Waals surface area contributed by atoms with E-state index in [9.17, 15) is 9.18 Å². The van der Waals surface area contributed by atoms with Crippen molar-refractivity contribution < 1.29 is 9.18 Å². The number of ketones is 1. The molecule has 1 aliphatic carbocycles. The molecule has 1 aromatic carbocycles. The van der Waals surface area contributed by atoms with Crippen LogP contribution < -0.4 is 0 Å². The number of benzene rings is 1. The fourth-order valence-electron chi connectivity index (χ4n) is 2.47. The number of Topliss-reactive ketones (excluding diaryl/α,β-unsaturated/α-hetero) is 1. The maximum atomic E-state index is 13.3. The molecule has 0 aromatic heterocycles. The van der Waals surface area contributed by atoms with Crippen LogP contribution in [0.4, 0.5) is 4.39 Å². The van der Waals surface area contributed by atoms with Gasteiger partial charge in [0, 0.05) is 12.8 Å².